The number of nitrogens with zero attached hydrogens (tertiary/aromatic N) is 2. The van der Waals surface area contributed by atoms with Gasteiger partial charge in [0.2, 0.25) is 0 Å². The molecule has 1 unspecified atom stereocenters. The molecule has 23 heavy (non-hydrogen) atoms. The van der Waals surface area contributed by atoms with Crippen LogP contribution in [0, 0.1) is 12.7 Å². The molecule has 1 aliphatic heterocycles. The Kier molecular flexibility index (Phi) is 4.32. The average Bonchev–Trinajstić information content (AvgIpc) is 3.01. The number of ether oxygens (including phenoxy) is 1. The van der Waals surface area contributed by atoms with Gasteiger partial charge in [0, 0.05) is 30.9 Å². The summed E-state index contributed by atoms with van der Waals surface area (Å²) in [6, 6.07) is 4.02. The van der Waals surface area contributed by atoms with E-state index in [2.05, 4.69) is 9.97 Å². The maximum absolute atomic E-state index is 13.5. The third-order valence-corrected chi connectivity index (χ3v) is 4.21. The van der Waals surface area contributed by atoms with Crippen LogP contribution in [0.25, 0.3) is 0 Å². The molecule has 1 aliphatic rings. The number of hydrogen-bond acceptors (Lipinski definition) is 3. The van der Waals surface area contributed by atoms with Crippen LogP contribution < -0.4 is 4.74 Å². The molecule has 0 aliphatic carbocycles. The van der Waals surface area contributed by atoms with E-state index in [1.54, 1.807) is 11.1 Å². The Hall–Kier alpha value is -2.37. The number of rotatable bonds is 3. The van der Waals surface area contributed by atoms with Gasteiger partial charge in [-0.2, -0.15) is 0 Å². The summed E-state index contributed by atoms with van der Waals surface area (Å²) >= 11 is 0. The Bertz CT molecular complexity index is 714. The van der Waals surface area contributed by atoms with Crippen LogP contribution in [0.2, 0.25) is 0 Å². The molecule has 0 radical (unpaired) electrons. The van der Waals surface area contributed by atoms with Crippen molar-refractivity contribution in [2.75, 3.05) is 20.2 Å². The number of piperidine rings is 1. The van der Waals surface area contributed by atoms with Gasteiger partial charge in [0.05, 0.1) is 12.7 Å². The molecule has 1 amide bonds. The van der Waals surface area contributed by atoms with Crippen molar-refractivity contribution in [2.45, 2.75) is 25.7 Å². The SMILES string of the molecule is COc1ccc(F)cc1C(=O)N1CCCC(c2ncc(C)[nH]2)C1. The van der Waals surface area contributed by atoms with Crippen LogP contribution in [0.3, 0.4) is 0 Å². The highest BCUT2D eigenvalue weighted by Crippen LogP contribution is 2.28. The van der Waals surface area contributed by atoms with Crippen molar-refractivity contribution in [3.63, 3.8) is 0 Å². The Morgan fingerprint density at radius 3 is 3.00 bits per heavy atom. The number of nitrogens with one attached hydrogen (secondary N) is 1. The van der Waals surface area contributed by atoms with Crippen molar-refractivity contribution >= 4 is 5.91 Å². The van der Waals surface area contributed by atoms with E-state index >= 15 is 0 Å². The second-order valence-corrected chi connectivity index (χ2v) is 5.89. The van der Waals surface area contributed by atoms with Crippen LogP contribution >= 0.6 is 0 Å². The smallest absolute Gasteiger partial charge is 0.257 e. The van der Waals surface area contributed by atoms with E-state index in [0.29, 0.717) is 18.8 Å². The van der Waals surface area contributed by atoms with Gasteiger partial charge in [-0.25, -0.2) is 9.37 Å². The molecule has 0 spiro atoms. The first-order valence-corrected chi connectivity index (χ1v) is 7.73. The van der Waals surface area contributed by atoms with Gasteiger partial charge in [0.15, 0.2) is 0 Å². The first-order chi connectivity index (χ1) is 11.1. The van der Waals surface area contributed by atoms with E-state index in [1.807, 2.05) is 6.92 Å². The lowest BCUT2D eigenvalue weighted by atomic mass is 9.96. The predicted molar refractivity (Wildman–Crippen MR) is 84.2 cm³/mol. The van der Waals surface area contributed by atoms with E-state index in [4.69, 9.17) is 4.74 Å². The number of aromatic amines is 1. The van der Waals surface area contributed by atoms with E-state index in [1.165, 1.54) is 25.3 Å². The number of carbonyl (C=O) groups excluding carboxylic acids is 1. The van der Waals surface area contributed by atoms with Gasteiger partial charge in [-0.05, 0) is 38.0 Å². The molecule has 1 aromatic carbocycles. The van der Waals surface area contributed by atoms with Crippen molar-refractivity contribution in [2.24, 2.45) is 0 Å². The molecule has 5 nitrogen and oxygen atoms in total. The molecule has 2 heterocycles. The minimum atomic E-state index is -0.440. The number of likely N-dealkylation sites (tertiary alicyclic amines) is 1. The van der Waals surface area contributed by atoms with Crippen LogP contribution in [-0.4, -0.2) is 41.0 Å². The number of H-pyrrole nitrogens is 1. The number of halogens is 1. The molecule has 1 N–H and O–H groups in total. The third-order valence-electron chi connectivity index (χ3n) is 4.21. The first-order valence-electron chi connectivity index (χ1n) is 7.73. The van der Waals surface area contributed by atoms with Gasteiger partial charge in [-0.15, -0.1) is 0 Å². The highest BCUT2D eigenvalue weighted by atomic mass is 19.1. The lowest BCUT2D eigenvalue weighted by Gasteiger charge is -2.32. The molecule has 122 valence electrons. The minimum absolute atomic E-state index is 0.181. The largest absolute Gasteiger partial charge is 0.496 e. The van der Waals surface area contributed by atoms with E-state index in [9.17, 15) is 9.18 Å². The predicted octanol–water partition coefficient (Wildman–Crippen LogP) is 2.89. The quantitative estimate of drug-likeness (QED) is 0.947. The van der Waals surface area contributed by atoms with Gasteiger partial charge in [-0.3, -0.25) is 4.79 Å². The molecule has 1 atom stereocenters. The molecular formula is C17H20FN3O2. The van der Waals surface area contributed by atoms with Crippen molar-refractivity contribution in [3.05, 3.63) is 47.3 Å². The molecule has 3 rings (SSSR count). The fraction of sp³-hybridized carbons (Fsp3) is 0.412. The molecule has 1 saturated heterocycles. The maximum Gasteiger partial charge on any atom is 0.257 e. The second kappa shape index (κ2) is 6.40. The van der Waals surface area contributed by atoms with Gasteiger partial charge < -0.3 is 14.6 Å². The molecule has 6 heteroatoms. The molecular weight excluding hydrogens is 297 g/mol. The number of aromatic nitrogens is 2. The summed E-state index contributed by atoms with van der Waals surface area (Å²) in [4.78, 5) is 22.1. The number of methoxy groups -OCH3 is 1. The van der Waals surface area contributed by atoms with Crippen LogP contribution in [0.1, 0.15) is 40.6 Å². The molecule has 0 bridgehead atoms. The van der Waals surface area contributed by atoms with Crippen molar-refractivity contribution < 1.29 is 13.9 Å². The van der Waals surface area contributed by atoms with E-state index < -0.39 is 5.82 Å². The summed E-state index contributed by atoms with van der Waals surface area (Å²) < 4.78 is 18.7. The number of hydrogen-bond donors (Lipinski definition) is 1. The lowest BCUT2D eigenvalue weighted by molar-refractivity contribution is 0.0701. The summed E-state index contributed by atoms with van der Waals surface area (Å²) in [5, 5.41) is 0. The summed E-state index contributed by atoms with van der Waals surface area (Å²) in [6.45, 7) is 3.19. The van der Waals surface area contributed by atoms with Gasteiger partial charge in [-0.1, -0.05) is 0 Å². The van der Waals surface area contributed by atoms with Gasteiger partial charge in [0.1, 0.15) is 17.4 Å². The number of carbonyl (C=O) groups is 1. The zero-order valence-corrected chi connectivity index (χ0v) is 13.3. The fourth-order valence-corrected chi connectivity index (χ4v) is 3.04. The Balaban J connectivity index is 1.81. The molecule has 1 fully saturated rings. The Morgan fingerprint density at radius 2 is 2.30 bits per heavy atom. The summed E-state index contributed by atoms with van der Waals surface area (Å²) in [6.07, 6.45) is 3.68. The number of amides is 1. The highest BCUT2D eigenvalue weighted by molar-refractivity contribution is 5.97. The number of aryl methyl sites for hydroxylation is 1. The number of benzene rings is 1. The van der Waals surface area contributed by atoms with Crippen molar-refractivity contribution in [3.8, 4) is 5.75 Å². The molecule has 0 saturated carbocycles. The summed E-state index contributed by atoms with van der Waals surface area (Å²) in [5.74, 6) is 0.846. The zero-order valence-electron chi connectivity index (χ0n) is 13.3. The van der Waals surface area contributed by atoms with Gasteiger partial charge in [0.25, 0.3) is 5.91 Å². The van der Waals surface area contributed by atoms with Crippen LogP contribution in [0.15, 0.2) is 24.4 Å². The topological polar surface area (TPSA) is 58.2 Å². The Morgan fingerprint density at radius 1 is 1.48 bits per heavy atom. The maximum atomic E-state index is 13.5. The standard InChI is InChI=1S/C17H20FN3O2/c1-11-9-19-16(20-11)12-4-3-7-21(10-12)17(22)14-8-13(18)5-6-15(14)23-2/h5-6,8-9,12H,3-4,7,10H2,1-2H3,(H,19,20). The van der Waals surface area contributed by atoms with Crippen LogP contribution in [0.5, 0.6) is 5.75 Å². The fourth-order valence-electron chi connectivity index (χ4n) is 3.04. The molecule has 1 aromatic heterocycles. The average molecular weight is 317 g/mol. The first kappa shape index (κ1) is 15.5. The highest BCUT2D eigenvalue weighted by Gasteiger charge is 2.28. The van der Waals surface area contributed by atoms with E-state index in [0.717, 1.165) is 24.4 Å². The van der Waals surface area contributed by atoms with Crippen molar-refractivity contribution in [1.82, 2.24) is 14.9 Å². The summed E-state index contributed by atoms with van der Waals surface area (Å²) in [5.41, 5.74) is 1.28. The zero-order chi connectivity index (χ0) is 16.4. The van der Waals surface area contributed by atoms with Crippen LogP contribution in [-0.2, 0) is 0 Å². The Labute approximate surface area is 134 Å². The number of imidazole rings is 1. The lowest BCUT2D eigenvalue weighted by Crippen LogP contribution is -2.39. The van der Waals surface area contributed by atoms with Crippen molar-refractivity contribution in [1.29, 1.82) is 0 Å². The van der Waals surface area contributed by atoms with Gasteiger partial charge >= 0.3 is 0 Å². The third kappa shape index (κ3) is 3.21. The second-order valence-electron chi connectivity index (χ2n) is 5.89. The summed E-state index contributed by atoms with van der Waals surface area (Å²) in [7, 11) is 1.48. The minimum Gasteiger partial charge on any atom is -0.496 e. The van der Waals surface area contributed by atoms with E-state index in [-0.39, 0.29) is 17.4 Å². The normalized spacial score (nSPS) is 18.0. The van der Waals surface area contributed by atoms with Crippen LogP contribution in [0.4, 0.5) is 4.39 Å². The molecule has 2 aromatic rings. The monoisotopic (exact) mass is 317 g/mol.